The van der Waals surface area contributed by atoms with E-state index < -0.39 is 0 Å². The predicted octanol–water partition coefficient (Wildman–Crippen LogP) is 5.91. The van der Waals surface area contributed by atoms with Crippen molar-refractivity contribution < 1.29 is 13.9 Å². The van der Waals surface area contributed by atoms with E-state index in [0.29, 0.717) is 36.4 Å². The molecule has 0 aliphatic carbocycles. The zero-order valence-corrected chi connectivity index (χ0v) is 20.9. The van der Waals surface area contributed by atoms with Crippen LogP contribution < -0.4 is 4.74 Å². The molecule has 0 radical (unpaired) electrons. The number of thiophene rings is 1. The van der Waals surface area contributed by atoms with Crippen LogP contribution in [0.15, 0.2) is 65.4 Å². The number of rotatable bonds is 9. The first-order valence-electron chi connectivity index (χ1n) is 11.8. The van der Waals surface area contributed by atoms with Crippen molar-refractivity contribution in [2.45, 2.75) is 26.3 Å². The van der Waals surface area contributed by atoms with Gasteiger partial charge in [0.15, 0.2) is 0 Å². The van der Waals surface area contributed by atoms with Gasteiger partial charge in [-0.1, -0.05) is 26.0 Å². The summed E-state index contributed by atoms with van der Waals surface area (Å²) in [6.07, 6.45) is 0. The molecule has 3 aromatic rings. The van der Waals surface area contributed by atoms with E-state index in [1.54, 1.807) is 30.6 Å². The standard InChI is InChI=1S/C28H33FN2O2S/c1-20(2)14-31(28(32)23-4-8-25(29)9-5-23)17-24-16-30(15-21-12-13-34-19-21)18-27(24)22-6-10-26(33-3)11-7-22/h4-13,19-20,24,27H,14-18H2,1-3H3. The van der Waals surface area contributed by atoms with Crippen molar-refractivity contribution in [3.63, 3.8) is 0 Å². The van der Waals surface area contributed by atoms with Gasteiger partial charge in [-0.3, -0.25) is 9.69 Å². The van der Waals surface area contributed by atoms with Gasteiger partial charge in [0.25, 0.3) is 5.91 Å². The second-order valence-electron chi connectivity index (χ2n) is 9.58. The summed E-state index contributed by atoms with van der Waals surface area (Å²) in [4.78, 5) is 17.9. The average Bonchev–Trinajstić information content (AvgIpc) is 3.48. The summed E-state index contributed by atoms with van der Waals surface area (Å²) in [5.41, 5.74) is 3.15. The van der Waals surface area contributed by atoms with E-state index in [4.69, 9.17) is 4.74 Å². The van der Waals surface area contributed by atoms with Crippen molar-refractivity contribution >= 4 is 17.2 Å². The van der Waals surface area contributed by atoms with E-state index >= 15 is 0 Å². The summed E-state index contributed by atoms with van der Waals surface area (Å²) in [5.74, 6) is 1.45. The van der Waals surface area contributed by atoms with Crippen LogP contribution in [0.5, 0.6) is 5.75 Å². The van der Waals surface area contributed by atoms with Crippen molar-refractivity contribution in [3.8, 4) is 5.75 Å². The van der Waals surface area contributed by atoms with Gasteiger partial charge in [0.05, 0.1) is 7.11 Å². The molecular weight excluding hydrogens is 447 g/mol. The minimum absolute atomic E-state index is 0.0292. The van der Waals surface area contributed by atoms with Crippen molar-refractivity contribution in [2.75, 3.05) is 33.3 Å². The maximum Gasteiger partial charge on any atom is 0.253 e. The van der Waals surface area contributed by atoms with Crippen LogP contribution in [0.1, 0.15) is 41.3 Å². The quantitative estimate of drug-likeness (QED) is 0.382. The van der Waals surface area contributed by atoms with Crippen LogP contribution >= 0.6 is 11.3 Å². The molecule has 0 bridgehead atoms. The fourth-order valence-corrected chi connectivity index (χ4v) is 5.54. The molecule has 1 aromatic heterocycles. The van der Waals surface area contributed by atoms with Crippen molar-refractivity contribution in [2.24, 2.45) is 11.8 Å². The first kappa shape index (κ1) is 24.4. The molecule has 2 unspecified atom stereocenters. The zero-order valence-electron chi connectivity index (χ0n) is 20.1. The highest BCUT2D eigenvalue weighted by Crippen LogP contribution is 2.35. The minimum atomic E-state index is -0.327. The van der Waals surface area contributed by atoms with Crippen molar-refractivity contribution in [1.82, 2.24) is 9.80 Å². The van der Waals surface area contributed by atoms with Crippen LogP contribution in [0.4, 0.5) is 4.39 Å². The number of halogens is 1. The first-order chi connectivity index (χ1) is 16.4. The monoisotopic (exact) mass is 480 g/mol. The van der Waals surface area contributed by atoms with Gasteiger partial charge >= 0.3 is 0 Å². The Morgan fingerprint density at radius 1 is 1.12 bits per heavy atom. The fourth-order valence-electron chi connectivity index (χ4n) is 4.88. The molecule has 1 fully saturated rings. The van der Waals surface area contributed by atoms with Crippen LogP contribution in [-0.2, 0) is 6.54 Å². The van der Waals surface area contributed by atoms with Gasteiger partial charge in [0.2, 0.25) is 0 Å². The summed E-state index contributed by atoms with van der Waals surface area (Å²) in [7, 11) is 1.68. The van der Waals surface area contributed by atoms with Crippen LogP contribution in [0.25, 0.3) is 0 Å². The number of carbonyl (C=O) groups is 1. The predicted molar refractivity (Wildman–Crippen MR) is 136 cm³/mol. The minimum Gasteiger partial charge on any atom is -0.497 e. The SMILES string of the molecule is COc1ccc(C2CN(Cc3ccsc3)CC2CN(CC(C)C)C(=O)c2ccc(F)cc2)cc1. The Bertz CT molecular complexity index is 1050. The summed E-state index contributed by atoms with van der Waals surface area (Å²) in [6.45, 7) is 8.40. The normalized spacial score (nSPS) is 18.4. The fraction of sp³-hybridized carbons (Fsp3) is 0.393. The molecule has 180 valence electrons. The maximum atomic E-state index is 13.4. The van der Waals surface area contributed by atoms with E-state index in [1.807, 2.05) is 17.0 Å². The third-order valence-electron chi connectivity index (χ3n) is 6.47. The van der Waals surface area contributed by atoms with Crippen LogP contribution in [0.2, 0.25) is 0 Å². The second kappa shape index (κ2) is 11.2. The third kappa shape index (κ3) is 6.05. The number of hydrogen-bond acceptors (Lipinski definition) is 4. The van der Waals surface area contributed by atoms with E-state index in [2.05, 4.69) is 47.7 Å². The van der Waals surface area contributed by atoms with E-state index in [0.717, 1.165) is 25.4 Å². The topological polar surface area (TPSA) is 32.8 Å². The second-order valence-corrected chi connectivity index (χ2v) is 10.4. The Kier molecular flexibility index (Phi) is 8.01. The molecule has 1 aliphatic rings. The molecule has 1 amide bonds. The lowest BCUT2D eigenvalue weighted by Crippen LogP contribution is -2.39. The van der Waals surface area contributed by atoms with Crippen LogP contribution in [0.3, 0.4) is 0 Å². The van der Waals surface area contributed by atoms with Crippen LogP contribution in [0, 0.1) is 17.7 Å². The lowest BCUT2D eigenvalue weighted by atomic mass is 9.88. The molecule has 4 rings (SSSR count). The summed E-state index contributed by atoms with van der Waals surface area (Å²) >= 11 is 1.72. The van der Waals surface area contributed by atoms with Crippen LogP contribution in [-0.4, -0.2) is 49.0 Å². The number of ether oxygens (including phenoxy) is 1. The molecule has 1 aliphatic heterocycles. The molecule has 4 nitrogen and oxygen atoms in total. The Morgan fingerprint density at radius 3 is 2.47 bits per heavy atom. The molecule has 0 N–H and O–H groups in total. The molecule has 6 heteroatoms. The highest BCUT2D eigenvalue weighted by Gasteiger charge is 2.36. The molecule has 34 heavy (non-hydrogen) atoms. The molecule has 1 saturated heterocycles. The van der Waals surface area contributed by atoms with E-state index in [-0.39, 0.29) is 11.7 Å². The number of methoxy groups -OCH3 is 1. The van der Waals surface area contributed by atoms with Gasteiger partial charge in [-0.05, 0) is 76.2 Å². The van der Waals surface area contributed by atoms with Crippen molar-refractivity contribution in [1.29, 1.82) is 0 Å². The number of hydrogen-bond donors (Lipinski definition) is 0. The smallest absolute Gasteiger partial charge is 0.253 e. The molecule has 0 saturated carbocycles. The number of nitrogens with zero attached hydrogens (tertiary/aromatic N) is 2. The van der Waals surface area contributed by atoms with Gasteiger partial charge in [-0.25, -0.2) is 4.39 Å². The summed E-state index contributed by atoms with van der Waals surface area (Å²) in [5, 5.41) is 4.33. The third-order valence-corrected chi connectivity index (χ3v) is 7.20. The first-order valence-corrected chi connectivity index (χ1v) is 12.8. The number of likely N-dealkylation sites (tertiary alicyclic amines) is 1. The van der Waals surface area contributed by atoms with Gasteiger partial charge in [0, 0.05) is 44.2 Å². The van der Waals surface area contributed by atoms with Gasteiger partial charge in [0.1, 0.15) is 11.6 Å². The van der Waals surface area contributed by atoms with E-state index in [9.17, 15) is 9.18 Å². The number of amides is 1. The molecule has 2 atom stereocenters. The zero-order chi connectivity index (χ0) is 24.1. The number of benzene rings is 2. The lowest BCUT2D eigenvalue weighted by Gasteiger charge is -2.30. The summed E-state index contributed by atoms with van der Waals surface area (Å²) < 4.78 is 18.8. The Labute approximate surface area is 206 Å². The Morgan fingerprint density at radius 2 is 1.85 bits per heavy atom. The van der Waals surface area contributed by atoms with Crippen molar-refractivity contribution in [3.05, 3.63) is 87.9 Å². The molecule has 2 aromatic carbocycles. The lowest BCUT2D eigenvalue weighted by molar-refractivity contribution is 0.0703. The summed E-state index contributed by atoms with van der Waals surface area (Å²) in [6, 6.07) is 16.4. The van der Waals surface area contributed by atoms with Gasteiger partial charge in [-0.2, -0.15) is 11.3 Å². The highest BCUT2D eigenvalue weighted by molar-refractivity contribution is 7.07. The van der Waals surface area contributed by atoms with Gasteiger partial charge < -0.3 is 9.64 Å². The highest BCUT2D eigenvalue weighted by atomic mass is 32.1. The number of carbonyl (C=O) groups excluding carboxylic acids is 1. The largest absolute Gasteiger partial charge is 0.497 e. The van der Waals surface area contributed by atoms with E-state index in [1.165, 1.54) is 23.3 Å². The Balaban J connectivity index is 1.57. The average molecular weight is 481 g/mol. The molecule has 2 heterocycles. The molecular formula is C28H33FN2O2S. The van der Waals surface area contributed by atoms with Gasteiger partial charge in [-0.15, -0.1) is 0 Å². The Hall–Kier alpha value is -2.70. The molecule has 0 spiro atoms. The maximum absolute atomic E-state index is 13.4.